The van der Waals surface area contributed by atoms with Crippen LogP contribution in [0.4, 0.5) is 11.4 Å². The van der Waals surface area contributed by atoms with Gasteiger partial charge in [-0.2, -0.15) is 0 Å². The summed E-state index contributed by atoms with van der Waals surface area (Å²) in [7, 11) is -2.77. The lowest BCUT2D eigenvalue weighted by Crippen LogP contribution is -2.54. The molecule has 12 heteroatoms. The first-order chi connectivity index (χ1) is 19.0. The molecule has 0 aromatic heterocycles. The summed E-state index contributed by atoms with van der Waals surface area (Å²) < 4.78 is 31.9. The zero-order valence-corrected chi connectivity index (χ0v) is 24.1. The standard InChI is InChI=1S/C28H38N4O7S/c1-4-24(28(34)29-22-13-9-6-10-14-22)30(18-17-21-11-7-5-8-12-21)27(33)20-31(40(3,37)38)25-19-23(32(35)36)15-16-26(25)39-2/h5,7-8,11-12,15-16,19,22,24H,4,6,9-10,13-14,17-18,20H2,1-3H3,(H,29,34)/t24-/m1/s1. The second kappa shape index (κ2) is 14.1. The van der Waals surface area contributed by atoms with E-state index in [0.29, 0.717) is 12.8 Å². The number of hydrogen-bond donors (Lipinski definition) is 1. The van der Waals surface area contributed by atoms with Crippen LogP contribution in [-0.2, 0) is 26.0 Å². The minimum absolute atomic E-state index is 0.0445. The van der Waals surface area contributed by atoms with Gasteiger partial charge >= 0.3 is 0 Å². The fourth-order valence-corrected chi connectivity index (χ4v) is 5.87. The van der Waals surface area contributed by atoms with Gasteiger partial charge in [0.15, 0.2) is 0 Å². The summed E-state index contributed by atoms with van der Waals surface area (Å²) in [5.41, 5.74) is 0.481. The van der Waals surface area contributed by atoms with E-state index in [4.69, 9.17) is 4.74 Å². The number of benzene rings is 2. The highest BCUT2D eigenvalue weighted by Crippen LogP contribution is 2.34. The quantitative estimate of drug-likeness (QED) is 0.284. The van der Waals surface area contributed by atoms with E-state index in [0.717, 1.165) is 54.3 Å². The van der Waals surface area contributed by atoms with E-state index in [1.807, 2.05) is 37.3 Å². The van der Waals surface area contributed by atoms with Crippen molar-refractivity contribution < 1.29 is 27.7 Å². The normalized spacial score (nSPS) is 14.7. The highest BCUT2D eigenvalue weighted by molar-refractivity contribution is 7.92. The molecule has 0 bridgehead atoms. The van der Waals surface area contributed by atoms with Gasteiger partial charge in [0.05, 0.1) is 18.3 Å². The highest BCUT2D eigenvalue weighted by Gasteiger charge is 2.33. The number of methoxy groups -OCH3 is 1. The van der Waals surface area contributed by atoms with Gasteiger partial charge in [-0.1, -0.05) is 56.5 Å². The second-order valence-electron chi connectivity index (χ2n) is 9.97. The Hall–Kier alpha value is -3.67. The van der Waals surface area contributed by atoms with Crippen molar-refractivity contribution in [1.82, 2.24) is 10.2 Å². The van der Waals surface area contributed by atoms with Crippen molar-refractivity contribution in [3.63, 3.8) is 0 Å². The summed E-state index contributed by atoms with van der Waals surface area (Å²) in [6.45, 7) is 1.34. The molecule has 2 aromatic carbocycles. The minimum Gasteiger partial charge on any atom is -0.495 e. The van der Waals surface area contributed by atoms with Gasteiger partial charge in [-0.3, -0.25) is 24.0 Å². The topological polar surface area (TPSA) is 139 Å². The van der Waals surface area contributed by atoms with E-state index >= 15 is 0 Å². The third kappa shape index (κ3) is 8.17. The number of nitro groups is 1. The molecule has 2 amide bonds. The Labute approximate surface area is 235 Å². The molecule has 1 saturated carbocycles. The lowest BCUT2D eigenvalue weighted by molar-refractivity contribution is -0.384. The number of non-ortho nitro benzene ring substituents is 1. The maximum absolute atomic E-state index is 13.9. The number of carbonyl (C=O) groups excluding carboxylic acids is 2. The zero-order chi connectivity index (χ0) is 29.3. The molecule has 0 unspecified atom stereocenters. The zero-order valence-electron chi connectivity index (χ0n) is 23.2. The molecule has 0 aliphatic heterocycles. The number of rotatable bonds is 13. The number of nitrogens with one attached hydrogen (secondary N) is 1. The molecule has 218 valence electrons. The number of anilines is 1. The Morgan fingerprint density at radius 2 is 1.80 bits per heavy atom. The van der Waals surface area contributed by atoms with E-state index < -0.39 is 33.4 Å². The van der Waals surface area contributed by atoms with E-state index in [1.54, 1.807) is 0 Å². The molecule has 1 fully saturated rings. The molecule has 2 aromatic rings. The number of amides is 2. The number of ether oxygens (including phenoxy) is 1. The van der Waals surface area contributed by atoms with E-state index in [-0.39, 0.29) is 35.6 Å². The van der Waals surface area contributed by atoms with Crippen molar-refractivity contribution >= 4 is 33.2 Å². The molecule has 3 rings (SSSR count). The van der Waals surface area contributed by atoms with E-state index in [1.165, 1.54) is 24.1 Å². The number of nitrogens with zero attached hydrogens (tertiary/aromatic N) is 3. The average Bonchev–Trinajstić information content (AvgIpc) is 2.93. The van der Waals surface area contributed by atoms with Crippen LogP contribution in [0.25, 0.3) is 0 Å². The van der Waals surface area contributed by atoms with Gasteiger partial charge in [0.1, 0.15) is 24.0 Å². The Kier molecular flexibility index (Phi) is 10.9. The molecule has 1 aliphatic carbocycles. The van der Waals surface area contributed by atoms with Crippen molar-refractivity contribution in [3.05, 3.63) is 64.2 Å². The van der Waals surface area contributed by atoms with Crippen LogP contribution in [0.2, 0.25) is 0 Å². The average molecular weight is 575 g/mol. The van der Waals surface area contributed by atoms with Gasteiger partial charge in [-0.15, -0.1) is 0 Å². The Morgan fingerprint density at radius 1 is 1.12 bits per heavy atom. The van der Waals surface area contributed by atoms with E-state index in [2.05, 4.69) is 5.32 Å². The first kappa shape index (κ1) is 30.9. The SMILES string of the molecule is CC[C@H](C(=O)NC1CCCCC1)N(CCc1ccccc1)C(=O)CN(c1cc([N+](=O)[O-])ccc1OC)S(C)(=O)=O. The predicted molar refractivity (Wildman–Crippen MR) is 153 cm³/mol. The summed E-state index contributed by atoms with van der Waals surface area (Å²) >= 11 is 0. The molecule has 0 spiro atoms. The van der Waals surface area contributed by atoms with E-state index in [9.17, 15) is 28.1 Å². The summed E-state index contributed by atoms with van der Waals surface area (Å²) in [5, 5.41) is 14.5. The van der Waals surface area contributed by atoms with Crippen molar-refractivity contribution in [1.29, 1.82) is 0 Å². The number of nitro benzene ring substituents is 1. The lowest BCUT2D eigenvalue weighted by Gasteiger charge is -2.34. The first-order valence-electron chi connectivity index (χ1n) is 13.5. The maximum Gasteiger partial charge on any atom is 0.271 e. The fourth-order valence-electron chi connectivity index (χ4n) is 5.02. The van der Waals surface area contributed by atoms with Crippen LogP contribution in [0.5, 0.6) is 5.75 Å². The van der Waals surface area contributed by atoms with Crippen LogP contribution in [0.15, 0.2) is 48.5 Å². The third-order valence-electron chi connectivity index (χ3n) is 7.14. The molecule has 11 nitrogen and oxygen atoms in total. The van der Waals surface area contributed by atoms with Crippen LogP contribution in [0.1, 0.15) is 51.0 Å². The fraction of sp³-hybridized carbons (Fsp3) is 0.500. The molecule has 40 heavy (non-hydrogen) atoms. The van der Waals surface area contributed by atoms with Gasteiger partial charge in [0.2, 0.25) is 21.8 Å². The monoisotopic (exact) mass is 574 g/mol. The third-order valence-corrected chi connectivity index (χ3v) is 8.27. The van der Waals surface area contributed by atoms with Crippen molar-refractivity contribution in [2.45, 2.75) is 64.0 Å². The number of sulfonamides is 1. The molecule has 1 aliphatic rings. The van der Waals surface area contributed by atoms with Gasteiger partial charge in [-0.05, 0) is 37.3 Å². The second-order valence-corrected chi connectivity index (χ2v) is 11.9. The molecular formula is C28H38N4O7S. The Morgan fingerprint density at radius 3 is 2.38 bits per heavy atom. The minimum atomic E-state index is -4.08. The lowest BCUT2D eigenvalue weighted by atomic mass is 9.95. The molecule has 0 saturated heterocycles. The molecule has 1 atom stereocenters. The largest absolute Gasteiger partial charge is 0.495 e. The summed E-state index contributed by atoms with van der Waals surface area (Å²) in [6, 6.07) is 12.3. The smallest absolute Gasteiger partial charge is 0.271 e. The first-order valence-corrected chi connectivity index (χ1v) is 15.3. The highest BCUT2D eigenvalue weighted by atomic mass is 32.2. The van der Waals surface area contributed by atoms with Gasteiger partial charge < -0.3 is 15.0 Å². The molecular weight excluding hydrogens is 536 g/mol. The number of hydrogen-bond acceptors (Lipinski definition) is 7. The Balaban J connectivity index is 1.94. The van der Waals surface area contributed by atoms with Crippen molar-refractivity contribution in [3.8, 4) is 5.75 Å². The van der Waals surface area contributed by atoms with Crippen LogP contribution < -0.4 is 14.4 Å². The summed E-state index contributed by atoms with van der Waals surface area (Å²) in [5.74, 6) is -0.808. The van der Waals surface area contributed by atoms with Gasteiger partial charge in [-0.25, -0.2) is 8.42 Å². The molecule has 1 N–H and O–H groups in total. The summed E-state index contributed by atoms with van der Waals surface area (Å²) in [6.07, 6.45) is 6.67. The van der Waals surface area contributed by atoms with Crippen LogP contribution in [0, 0.1) is 10.1 Å². The van der Waals surface area contributed by atoms with Crippen molar-refractivity contribution in [2.24, 2.45) is 0 Å². The molecule has 0 radical (unpaired) electrons. The van der Waals surface area contributed by atoms with Gasteiger partial charge in [0.25, 0.3) is 5.69 Å². The number of carbonyl (C=O) groups is 2. The molecule has 0 heterocycles. The summed E-state index contributed by atoms with van der Waals surface area (Å²) in [4.78, 5) is 39.5. The maximum atomic E-state index is 13.9. The van der Waals surface area contributed by atoms with Crippen LogP contribution in [-0.4, -0.2) is 68.6 Å². The van der Waals surface area contributed by atoms with Crippen molar-refractivity contribution in [2.75, 3.05) is 30.8 Å². The predicted octanol–water partition coefficient (Wildman–Crippen LogP) is 3.67. The Bertz CT molecular complexity index is 1280. The van der Waals surface area contributed by atoms with Crippen LogP contribution >= 0.6 is 0 Å². The van der Waals surface area contributed by atoms with Gasteiger partial charge in [0, 0.05) is 24.7 Å². The van der Waals surface area contributed by atoms with Crippen LogP contribution in [0.3, 0.4) is 0 Å².